The third-order valence-corrected chi connectivity index (χ3v) is 4.07. The molecule has 1 aromatic heterocycles. The van der Waals surface area contributed by atoms with Gasteiger partial charge in [0.25, 0.3) is 5.91 Å². The summed E-state index contributed by atoms with van der Waals surface area (Å²) in [7, 11) is 3.62. The highest BCUT2D eigenvalue weighted by Crippen LogP contribution is 2.20. The molecule has 2 amide bonds. The Labute approximate surface area is 148 Å². The van der Waals surface area contributed by atoms with Crippen LogP contribution in [0.3, 0.4) is 0 Å². The number of amides is 2. The van der Waals surface area contributed by atoms with E-state index >= 15 is 0 Å². The zero-order valence-electron chi connectivity index (χ0n) is 15.1. The second-order valence-corrected chi connectivity index (χ2v) is 5.85. The van der Waals surface area contributed by atoms with Gasteiger partial charge in [-0.05, 0) is 38.1 Å². The zero-order valence-corrected chi connectivity index (χ0v) is 15.1. The molecular weight excluding hydrogens is 316 g/mol. The van der Waals surface area contributed by atoms with E-state index in [-0.39, 0.29) is 11.8 Å². The number of hydrogen-bond donors (Lipinski definition) is 1. The molecule has 0 fully saturated rings. The lowest BCUT2D eigenvalue weighted by Crippen LogP contribution is -2.45. The van der Waals surface area contributed by atoms with Crippen LogP contribution in [0, 0.1) is 0 Å². The highest BCUT2D eigenvalue weighted by atomic mass is 16.2. The van der Waals surface area contributed by atoms with E-state index in [0.29, 0.717) is 12.1 Å². The number of rotatable bonds is 6. The summed E-state index contributed by atoms with van der Waals surface area (Å²) in [6, 6.07) is 12.8. The van der Waals surface area contributed by atoms with E-state index in [4.69, 9.17) is 0 Å². The normalized spacial score (nSPS) is 11.5. The lowest BCUT2D eigenvalue weighted by atomic mass is 10.2. The Bertz CT molecular complexity index is 716. The smallest absolute Gasteiger partial charge is 0.253 e. The molecule has 0 aliphatic carbocycles. The van der Waals surface area contributed by atoms with Crippen molar-refractivity contribution in [2.24, 2.45) is 0 Å². The van der Waals surface area contributed by atoms with Crippen LogP contribution >= 0.6 is 0 Å². The molecule has 132 valence electrons. The van der Waals surface area contributed by atoms with Crippen LogP contribution in [0.2, 0.25) is 0 Å². The number of benzene rings is 1. The Hall–Kier alpha value is -2.89. The summed E-state index contributed by atoms with van der Waals surface area (Å²) in [5.74, 6) is 0.300. The number of pyridine rings is 1. The van der Waals surface area contributed by atoms with Crippen LogP contribution in [-0.2, 0) is 4.79 Å². The predicted molar refractivity (Wildman–Crippen MR) is 99.0 cm³/mol. The van der Waals surface area contributed by atoms with E-state index in [0.717, 1.165) is 11.5 Å². The van der Waals surface area contributed by atoms with Gasteiger partial charge in [0.1, 0.15) is 11.9 Å². The lowest BCUT2D eigenvalue weighted by molar-refractivity contribution is -0.131. The first-order valence-corrected chi connectivity index (χ1v) is 8.24. The Morgan fingerprint density at radius 1 is 1.12 bits per heavy atom. The summed E-state index contributed by atoms with van der Waals surface area (Å²) in [5.41, 5.74) is 1.43. The minimum absolute atomic E-state index is 0.121. The maximum absolute atomic E-state index is 12.3. The number of nitrogens with one attached hydrogen (secondary N) is 1. The predicted octanol–water partition coefficient (Wildman–Crippen LogP) is 2.45. The third-order valence-electron chi connectivity index (χ3n) is 4.07. The molecule has 0 aliphatic heterocycles. The van der Waals surface area contributed by atoms with Crippen molar-refractivity contribution in [3.63, 3.8) is 0 Å². The molecular formula is C19H24N4O2. The van der Waals surface area contributed by atoms with Crippen molar-refractivity contribution in [3.05, 3.63) is 54.2 Å². The number of aromatic nitrogens is 1. The van der Waals surface area contributed by atoms with Gasteiger partial charge in [0, 0.05) is 32.5 Å². The van der Waals surface area contributed by atoms with Gasteiger partial charge in [-0.15, -0.1) is 0 Å². The van der Waals surface area contributed by atoms with Gasteiger partial charge in [-0.25, -0.2) is 4.98 Å². The Kier molecular flexibility index (Phi) is 6.11. The molecule has 2 rings (SSSR count). The monoisotopic (exact) mass is 340 g/mol. The third kappa shape index (κ3) is 4.56. The van der Waals surface area contributed by atoms with E-state index in [1.54, 1.807) is 31.0 Å². The molecule has 0 radical (unpaired) electrons. The number of para-hydroxylation sites is 1. The standard InChI is InChI=1S/C19H24N4O2/c1-5-22(3)19(25)14(2)21-18(24)15-11-12-17(20-13-15)23(4)16-9-7-6-8-10-16/h6-14H,5H2,1-4H3,(H,21,24). The number of likely N-dealkylation sites (N-methyl/N-ethyl adjacent to an activating group) is 1. The minimum Gasteiger partial charge on any atom is -0.344 e. The van der Waals surface area contributed by atoms with Gasteiger partial charge in [-0.2, -0.15) is 0 Å². The van der Waals surface area contributed by atoms with Crippen molar-refractivity contribution in [2.75, 3.05) is 25.5 Å². The molecule has 0 bridgehead atoms. The maximum Gasteiger partial charge on any atom is 0.253 e. The number of nitrogens with zero attached hydrogens (tertiary/aromatic N) is 3. The van der Waals surface area contributed by atoms with Crippen molar-refractivity contribution in [1.29, 1.82) is 0 Å². The lowest BCUT2D eigenvalue weighted by Gasteiger charge is -2.21. The van der Waals surface area contributed by atoms with E-state index in [2.05, 4.69) is 10.3 Å². The molecule has 6 nitrogen and oxygen atoms in total. The summed E-state index contributed by atoms with van der Waals surface area (Å²) >= 11 is 0. The highest BCUT2D eigenvalue weighted by molar-refractivity contribution is 5.97. The van der Waals surface area contributed by atoms with Crippen molar-refractivity contribution >= 4 is 23.3 Å². The van der Waals surface area contributed by atoms with Gasteiger partial charge in [0.15, 0.2) is 0 Å². The van der Waals surface area contributed by atoms with Crippen molar-refractivity contribution < 1.29 is 9.59 Å². The summed E-state index contributed by atoms with van der Waals surface area (Å²) < 4.78 is 0. The van der Waals surface area contributed by atoms with E-state index in [9.17, 15) is 9.59 Å². The fraction of sp³-hybridized carbons (Fsp3) is 0.316. The van der Waals surface area contributed by atoms with Crippen LogP contribution in [0.1, 0.15) is 24.2 Å². The Balaban J connectivity index is 2.04. The molecule has 25 heavy (non-hydrogen) atoms. The quantitative estimate of drug-likeness (QED) is 0.877. The average molecular weight is 340 g/mol. The molecule has 1 heterocycles. The SMILES string of the molecule is CCN(C)C(=O)C(C)NC(=O)c1ccc(N(C)c2ccccc2)nc1. The van der Waals surface area contributed by atoms with Gasteiger partial charge in [0.2, 0.25) is 5.91 Å². The van der Waals surface area contributed by atoms with Crippen LogP contribution in [0.15, 0.2) is 48.7 Å². The summed E-state index contributed by atoms with van der Waals surface area (Å²) in [4.78, 5) is 32.2. The first-order valence-electron chi connectivity index (χ1n) is 8.24. The van der Waals surface area contributed by atoms with Crippen LogP contribution in [0.25, 0.3) is 0 Å². The van der Waals surface area contributed by atoms with E-state index in [1.165, 1.54) is 6.20 Å². The van der Waals surface area contributed by atoms with Crippen LogP contribution in [0.5, 0.6) is 0 Å². The molecule has 1 N–H and O–H groups in total. The van der Waals surface area contributed by atoms with Crippen LogP contribution in [-0.4, -0.2) is 48.4 Å². The van der Waals surface area contributed by atoms with Gasteiger partial charge >= 0.3 is 0 Å². The zero-order chi connectivity index (χ0) is 18.4. The number of anilines is 2. The Morgan fingerprint density at radius 2 is 1.80 bits per heavy atom. The first kappa shape index (κ1) is 18.4. The summed E-state index contributed by atoms with van der Waals surface area (Å²) in [6.45, 7) is 4.16. The second-order valence-electron chi connectivity index (χ2n) is 5.85. The molecule has 0 saturated heterocycles. The molecule has 0 spiro atoms. The summed E-state index contributed by atoms with van der Waals surface area (Å²) in [6.07, 6.45) is 1.52. The Morgan fingerprint density at radius 3 is 2.36 bits per heavy atom. The molecule has 1 unspecified atom stereocenters. The van der Waals surface area contributed by atoms with Gasteiger partial charge in [-0.1, -0.05) is 18.2 Å². The summed E-state index contributed by atoms with van der Waals surface area (Å²) in [5, 5.41) is 2.71. The van der Waals surface area contributed by atoms with Crippen molar-refractivity contribution in [1.82, 2.24) is 15.2 Å². The molecule has 0 aliphatic rings. The van der Waals surface area contributed by atoms with Crippen molar-refractivity contribution in [2.45, 2.75) is 19.9 Å². The largest absolute Gasteiger partial charge is 0.344 e. The topological polar surface area (TPSA) is 65.5 Å². The fourth-order valence-corrected chi connectivity index (χ4v) is 2.33. The molecule has 1 atom stereocenters. The maximum atomic E-state index is 12.3. The highest BCUT2D eigenvalue weighted by Gasteiger charge is 2.19. The fourth-order valence-electron chi connectivity index (χ4n) is 2.33. The van der Waals surface area contributed by atoms with Gasteiger partial charge in [0.05, 0.1) is 5.56 Å². The van der Waals surface area contributed by atoms with Gasteiger partial charge in [-0.3, -0.25) is 9.59 Å². The van der Waals surface area contributed by atoms with Gasteiger partial charge < -0.3 is 15.1 Å². The average Bonchev–Trinajstić information content (AvgIpc) is 2.66. The van der Waals surface area contributed by atoms with Crippen molar-refractivity contribution in [3.8, 4) is 0 Å². The number of carbonyl (C=O) groups excluding carboxylic acids is 2. The molecule has 6 heteroatoms. The molecule has 0 saturated carbocycles. The number of carbonyl (C=O) groups is 2. The van der Waals surface area contributed by atoms with E-state index in [1.807, 2.05) is 49.2 Å². The minimum atomic E-state index is -0.580. The molecule has 2 aromatic rings. The first-order chi connectivity index (χ1) is 11.9. The molecule has 1 aromatic carbocycles. The van der Waals surface area contributed by atoms with Crippen LogP contribution < -0.4 is 10.2 Å². The van der Waals surface area contributed by atoms with Crippen LogP contribution in [0.4, 0.5) is 11.5 Å². The van der Waals surface area contributed by atoms with E-state index < -0.39 is 6.04 Å². The number of hydrogen-bond acceptors (Lipinski definition) is 4. The second kappa shape index (κ2) is 8.28.